The summed E-state index contributed by atoms with van der Waals surface area (Å²) >= 11 is 0. The highest BCUT2D eigenvalue weighted by Crippen LogP contribution is 2.43. The molecule has 2 aliphatic heterocycles. The van der Waals surface area contributed by atoms with Crippen molar-refractivity contribution in [2.75, 3.05) is 17.3 Å². The van der Waals surface area contributed by atoms with Gasteiger partial charge in [-0.15, -0.1) is 0 Å². The van der Waals surface area contributed by atoms with E-state index in [1.54, 1.807) is 12.0 Å². The number of benzene rings is 3. The molecule has 3 aromatic carbocycles. The molecule has 0 saturated carbocycles. The molecule has 1 unspecified atom stereocenters. The summed E-state index contributed by atoms with van der Waals surface area (Å²) in [6.45, 7) is 5.91. The minimum atomic E-state index is -0.544. The van der Waals surface area contributed by atoms with Crippen molar-refractivity contribution >= 4 is 34.0 Å². The average molecular weight is 428 g/mol. The minimum Gasteiger partial charge on any atom is -0.497 e. The van der Waals surface area contributed by atoms with Gasteiger partial charge in [0, 0.05) is 22.8 Å². The lowest BCUT2D eigenvalue weighted by molar-refractivity contribution is -0.122. The van der Waals surface area contributed by atoms with Crippen LogP contribution in [0.5, 0.6) is 5.75 Å². The quantitative estimate of drug-likeness (QED) is 0.615. The van der Waals surface area contributed by atoms with E-state index >= 15 is 0 Å². The van der Waals surface area contributed by atoms with E-state index in [9.17, 15) is 9.59 Å². The zero-order chi connectivity index (χ0) is 22.4. The predicted molar refractivity (Wildman–Crippen MR) is 126 cm³/mol. The summed E-state index contributed by atoms with van der Waals surface area (Å²) in [6.07, 6.45) is 1.22. The lowest BCUT2D eigenvalue weighted by Crippen LogP contribution is -2.51. The van der Waals surface area contributed by atoms with Gasteiger partial charge in [0.1, 0.15) is 11.8 Å². The molecule has 1 fully saturated rings. The molecule has 0 aliphatic carbocycles. The third kappa shape index (κ3) is 3.19. The van der Waals surface area contributed by atoms with Crippen LogP contribution in [0.1, 0.15) is 41.7 Å². The Morgan fingerprint density at radius 3 is 2.62 bits per heavy atom. The molecule has 2 atom stereocenters. The molecule has 162 valence electrons. The van der Waals surface area contributed by atoms with Gasteiger partial charge in [-0.2, -0.15) is 0 Å². The van der Waals surface area contributed by atoms with Gasteiger partial charge < -0.3 is 15.4 Å². The Morgan fingerprint density at radius 1 is 1.12 bits per heavy atom. The molecule has 6 nitrogen and oxygen atoms in total. The maximum atomic E-state index is 13.7. The lowest BCUT2D eigenvalue weighted by Gasteiger charge is -2.31. The molecule has 3 aromatic rings. The molecule has 5 rings (SSSR count). The Balaban J connectivity index is 1.52. The largest absolute Gasteiger partial charge is 0.497 e. The van der Waals surface area contributed by atoms with Crippen LogP contribution in [-0.2, 0) is 4.79 Å². The van der Waals surface area contributed by atoms with Crippen molar-refractivity contribution in [1.82, 2.24) is 5.32 Å². The Kier molecular flexibility index (Phi) is 4.85. The van der Waals surface area contributed by atoms with Gasteiger partial charge in [-0.1, -0.05) is 36.9 Å². The second kappa shape index (κ2) is 7.71. The molecule has 0 radical (unpaired) electrons. The van der Waals surface area contributed by atoms with Crippen molar-refractivity contribution in [2.45, 2.75) is 31.8 Å². The summed E-state index contributed by atoms with van der Waals surface area (Å²) in [5.74, 6) is 0.476. The number of hydrogen-bond donors (Lipinski definition) is 2. The monoisotopic (exact) mass is 427 g/mol. The van der Waals surface area contributed by atoms with Crippen molar-refractivity contribution in [3.63, 3.8) is 0 Å². The van der Waals surface area contributed by atoms with Gasteiger partial charge in [0.15, 0.2) is 0 Å². The van der Waals surface area contributed by atoms with Crippen LogP contribution in [0.3, 0.4) is 0 Å². The van der Waals surface area contributed by atoms with Crippen LogP contribution in [0.25, 0.3) is 10.8 Å². The summed E-state index contributed by atoms with van der Waals surface area (Å²) in [4.78, 5) is 28.1. The number of carbonyl (C=O) groups excluding carboxylic acids is 2. The highest BCUT2D eigenvalue weighted by Gasteiger charge is 2.41. The topological polar surface area (TPSA) is 70.7 Å². The minimum absolute atomic E-state index is 0.0232. The van der Waals surface area contributed by atoms with Crippen molar-refractivity contribution in [3.8, 4) is 5.75 Å². The van der Waals surface area contributed by atoms with Gasteiger partial charge >= 0.3 is 0 Å². The van der Waals surface area contributed by atoms with Crippen LogP contribution in [0.2, 0.25) is 0 Å². The van der Waals surface area contributed by atoms with E-state index < -0.39 is 6.04 Å². The van der Waals surface area contributed by atoms with Crippen LogP contribution in [-0.4, -0.2) is 25.0 Å². The number of rotatable bonds is 5. The molecule has 6 heteroatoms. The maximum absolute atomic E-state index is 13.7. The SMILES string of the molecule is C=C1CCC(N2C(=O)c3c(N[C@@H](C)c4ccc(OC)cc4)ccc4cccc2c34)C(=O)N1. The number of anilines is 2. The number of carbonyl (C=O) groups is 2. The second-order valence-corrected chi connectivity index (χ2v) is 8.32. The van der Waals surface area contributed by atoms with E-state index in [2.05, 4.69) is 24.1 Å². The normalized spacial score (nSPS) is 18.6. The third-order valence-electron chi connectivity index (χ3n) is 6.34. The van der Waals surface area contributed by atoms with Gasteiger partial charge in [-0.3, -0.25) is 14.5 Å². The number of amides is 2. The smallest absolute Gasteiger partial charge is 0.261 e. The molecule has 0 spiro atoms. The first-order chi connectivity index (χ1) is 15.5. The van der Waals surface area contributed by atoms with Gasteiger partial charge in [-0.05, 0) is 55.0 Å². The van der Waals surface area contributed by atoms with Gasteiger partial charge in [0.05, 0.1) is 18.4 Å². The first kappa shape index (κ1) is 20.1. The zero-order valence-corrected chi connectivity index (χ0v) is 18.1. The molecular weight excluding hydrogens is 402 g/mol. The number of nitrogens with zero attached hydrogens (tertiary/aromatic N) is 1. The molecule has 32 heavy (non-hydrogen) atoms. The Labute approximate surface area is 186 Å². The molecule has 1 saturated heterocycles. The van der Waals surface area contributed by atoms with Crippen LogP contribution >= 0.6 is 0 Å². The number of methoxy groups -OCH3 is 1. The zero-order valence-electron chi connectivity index (χ0n) is 18.1. The second-order valence-electron chi connectivity index (χ2n) is 8.32. The fraction of sp³-hybridized carbons (Fsp3) is 0.231. The number of hydrogen-bond acceptors (Lipinski definition) is 4. The highest BCUT2D eigenvalue weighted by molar-refractivity contribution is 6.29. The maximum Gasteiger partial charge on any atom is 0.261 e. The number of piperidine rings is 1. The lowest BCUT2D eigenvalue weighted by atomic mass is 10.0. The van der Waals surface area contributed by atoms with E-state index in [-0.39, 0.29) is 17.9 Å². The van der Waals surface area contributed by atoms with E-state index in [1.165, 1.54) is 0 Å². The molecular formula is C26H25N3O3. The van der Waals surface area contributed by atoms with Crippen LogP contribution in [0, 0.1) is 0 Å². The van der Waals surface area contributed by atoms with E-state index in [0.29, 0.717) is 24.1 Å². The fourth-order valence-electron chi connectivity index (χ4n) is 4.66. The number of nitrogens with one attached hydrogen (secondary N) is 2. The van der Waals surface area contributed by atoms with Crippen molar-refractivity contribution < 1.29 is 14.3 Å². The Hall–Kier alpha value is -3.80. The molecule has 0 aromatic heterocycles. The summed E-state index contributed by atoms with van der Waals surface area (Å²) in [5.41, 5.74) is 3.95. The van der Waals surface area contributed by atoms with Crippen LogP contribution in [0.15, 0.2) is 66.9 Å². The van der Waals surface area contributed by atoms with E-state index in [4.69, 9.17) is 4.74 Å². The predicted octanol–water partition coefficient (Wildman–Crippen LogP) is 4.77. The number of ether oxygens (including phenoxy) is 1. The summed E-state index contributed by atoms with van der Waals surface area (Å²) in [7, 11) is 1.64. The summed E-state index contributed by atoms with van der Waals surface area (Å²) < 4.78 is 5.25. The average Bonchev–Trinajstić information content (AvgIpc) is 3.09. The summed E-state index contributed by atoms with van der Waals surface area (Å²) in [6, 6.07) is 17.1. The standard InChI is InChI=1S/C26H25N3O3/c1-15-7-14-22(25(30)27-15)29-21-6-4-5-18-10-13-20(24(23(18)21)26(29)31)28-16(2)17-8-11-19(32-3)12-9-17/h4-6,8-13,16,22,28H,1,7,14H2,2-3H3,(H,27,30)/t16-,22?/m0/s1. The highest BCUT2D eigenvalue weighted by atomic mass is 16.5. The molecule has 0 bridgehead atoms. The van der Waals surface area contributed by atoms with Crippen molar-refractivity contribution in [3.05, 3.63) is 78.0 Å². The van der Waals surface area contributed by atoms with Gasteiger partial charge in [0.25, 0.3) is 5.91 Å². The van der Waals surface area contributed by atoms with Crippen molar-refractivity contribution in [2.24, 2.45) is 0 Å². The first-order valence-corrected chi connectivity index (χ1v) is 10.8. The number of allylic oxidation sites excluding steroid dienone is 1. The molecule has 2 N–H and O–H groups in total. The Morgan fingerprint density at radius 2 is 1.91 bits per heavy atom. The first-order valence-electron chi connectivity index (χ1n) is 10.8. The van der Waals surface area contributed by atoms with E-state index in [1.807, 2.05) is 54.6 Å². The molecule has 2 heterocycles. The van der Waals surface area contributed by atoms with Crippen LogP contribution < -0.4 is 20.3 Å². The fourth-order valence-corrected chi connectivity index (χ4v) is 4.66. The van der Waals surface area contributed by atoms with Gasteiger partial charge in [0.2, 0.25) is 5.91 Å². The Bertz CT molecular complexity index is 1250. The van der Waals surface area contributed by atoms with Crippen molar-refractivity contribution in [1.29, 1.82) is 0 Å². The summed E-state index contributed by atoms with van der Waals surface area (Å²) in [5, 5.41) is 8.19. The molecule has 2 amide bonds. The van der Waals surface area contributed by atoms with Gasteiger partial charge in [-0.25, -0.2) is 0 Å². The van der Waals surface area contributed by atoms with E-state index in [0.717, 1.165) is 33.5 Å². The van der Waals surface area contributed by atoms with Crippen LogP contribution in [0.4, 0.5) is 11.4 Å². The molecule has 2 aliphatic rings. The third-order valence-corrected chi connectivity index (χ3v) is 6.34.